The fourth-order valence-electron chi connectivity index (χ4n) is 1.31. The van der Waals surface area contributed by atoms with Gasteiger partial charge in [-0.25, -0.2) is 4.79 Å². The lowest BCUT2D eigenvalue weighted by Gasteiger charge is -2.25. The van der Waals surface area contributed by atoms with Crippen LogP contribution in [0, 0.1) is 0 Å². The van der Waals surface area contributed by atoms with E-state index in [1.54, 1.807) is 0 Å². The van der Waals surface area contributed by atoms with Crippen molar-refractivity contribution in [1.82, 2.24) is 4.90 Å². The maximum Gasteiger partial charge on any atom is 0.422 e. The van der Waals surface area contributed by atoms with Crippen molar-refractivity contribution in [3.63, 3.8) is 0 Å². The largest absolute Gasteiger partial charge is 0.440 e. The smallest absolute Gasteiger partial charge is 0.422 e. The summed E-state index contributed by atoms with van der Waals surface area (Å²) in [5, 5.41) is 0. The van der Waals surface area contributed by atoms with Crippen LogP contribution in [0.25, 0.3) is 0 Å². The first-order valence-corrected chi connectivity index (χ1v) is 4.47. The number of piperidine rings is 1. The first kappa shape index (κ1) is 14.3. The molecular weight excluding hydrogens is 235 g/mol. The number of alkyl halides is 3. The van der Waals surface area contributed by atoms with Crippen molar-refractivity contribution in [2.24, 2.45) is 0 Å². The van der Waals surface area contributed by atoms with Crippen LogP contribution < -0.4 is 0 Å². The van der Waals surface area contributed by atoms with E-state index < -0.39 is 18.9 Å². The molecule has 0 aromatic rings. The van der Waals surface area contributed by atoms with Gasteiger partial charge in [0.05, 0.1) is 0 Å². The first-order chi connectivity index (χ1) is 6.49. The van der Waals surface area contributed by atoms with Crippen LogP contribution >= 0.6 is 12.4 Å². The third kappa shape index (κ3) is 5.71. The normalized spacial score (nSPS) is 16.9. The van der Waals surface area contributed by atoms with Crippen LogP contribution in [0.1, 0.15) is 19.3 Å². The van der Waals surface area contributed by atoms with Crippen molar-refractivity contribution >= 4 is 18.5 Å². The Morgan fingerprint density at radius 1 is 1.20 bits per heavy atom. The summed E-state index contributed by atoms with van der Waals surface area (Å²) in [7, 11) is 0. The number of likely N-dealkylation sites (tertiary alicyclic amines) is 1. The Bertz CT molecular complexity index is 205. The molecule has 1 rings (SSSR count). The highest BCUT2D eigenvalue weighted by Gasteiger charge is 2.30. The predicted molar refractivity (Wildman–Crippen MR) is 50.1 cm³/mol. The fraction of sp³-hybridized carbons (Fsp3) is 0.875. The van der Waals surface area contributed by atoms with Crippen LogP contribution in [0.5, 0.6) is 0 Å². The Morgan fingerprint density at radius 3 is 2.20 bits per heavy atom. The topological polar surface area (TPSA) is 29.5 Å². The van der Waals surface area contributed by atoms with Gasteiger partial charge >= 0.3 is 12.3 Å². The molecule has 1 heterocycles. The van der Waals surface area contributed by atoms with Gasteiger partial charge in [-0.1, -0.05) is 0 Å². The van der Waals surface area contributed by atoms with Crippen molar-refractivity contribution in [3.05, 3.63) is 0 Å². The minimum atomic E-state index is -4.44. The maximum atomic E-state index is 11.7. The number of hydrogen-bond donors (Lipinski definition) is 0. The molecule has 1 aliphatic rings. The molecule has 1 fully saturated rings. The minimum Gasteiger partial charge on any atom is -0.440 e. The zero-order chi connectivity index (χ0) is 10.6. The molecule has 0 saturated carbocycles. The molecule has 0 aromatic carbocycles. The summed E-state index contributed by atoms with van der Waals surface area (Å²) in [6.07, 6.45) is -2.61. The molecule has 0 bridgehead atoms. The quantitative estimate of drug-likeness (QED) is 0.713. The van der Waals surface area contributed by atoms with Gasteiger partial charge in [-0.05, 0) is 19.3 Å². The van der Waals surface area contributed by atoms with Crippen molar-refractivity contribution in [1.29, 1.82) is 0 Å². The third-order valence-electron chi connectivity index (χ3n) is 1.97. The van der Waals surface area contributed by atoms with Crippen molar-refractivity contribution in [3.8, 4) is 0 Å². The summed E-state index contributed by atoms with van der Waals surface area (Å²) in [6.45, 7) is -0.504. The number of ether oxygens (including phenoxy) is 1. The van der Waals surface area contributed by atoms with Gasteiger partial charge in [0.2, 0.25) is 0 Å². The van der Waals surface area contributed by atoms with E-state index in [1.165, 1.54) is 4.90 Å². The molecule has 0 N–H and O–H groups in total. The van der Waals surface area contributed by atoms with Gasteiger partial charge in [0.25, 0.3) is 0 Å². The van der Waals surface area contributed by atoms with Crippen LogP contribution in [0.3, 0.4) is 0 Å². The van der Waals surface area contributed by atoms with Crippen molar-refractivity contribution in [2.45, 2.75) is 25.4 Å². The Morgan fingerprint density at radius 2 is 1.73 bits per heavy atom. The summed E-state index contributed by atoms with van der Waals surface area (Å²) in [4.78, 5) is 12.4. The van der Waals surface area contributed by atoms with Gasteiger partial charge in [-0.15, -0.1) is 12.4 Å². The summed E-state index contributed by atoms with van der Waals surface area (Å²) in [6, 6.07) is 0. The summed E-state index contributed by atoms with van der Waals surface area (Å²) < 4.78 is 39.2. The first-order valence-electron chi connectivity index (χ1n) is 4.47. The summed E-state index contributed by atoms with van der Waals surface area (Å²) in [5.74, 6) is 0. The number of hydrogen-bond acceptors (Lipinski definition) is 2. The predicted octanol–water partition coefficient (Wildman–Crippen LogP) is 2.59. The van der Waals surface area contributed by atoms with Gasteiger partial charge in [-0.3, -0.25) is 0 Å². The molecule has 90 valence electrons. The fourth-order valence-corrected chi connectivity index (χ4v) is 1.31. The molecule has 0 atom stereocenters. The zero-order valence-electron chi connectivity index (χ0n) is 8.05. The molecule has 1 amide bonds. The van der Waals surface area contributed by atoms with E-state index >= 15 is 0 Å². The molecule has 15 heavy (non-hydrogen) atoms. The Kier molecular flexibility index (Phi) is 5.79. The zero-order valence-corrected chi connectivity index (χ0v) is 8.86. The second-order valence-corrected chi connectivity index (χ2v) is 3.22. The standard InChI is InChI=1S/C8H12F3NO2.ClH/c9-8(10,11)6-14-7(13)12-4-2-1-3-5-12;/h1-6H2;1H. The second-order valence-electron chi connectivity index (χ2n) is 3.22. The molecule has 1 saturated heterocycles. The van der Waals surface area contributed by atoms with Crippen molar-refractivity contribution < 1.29 is 22.7 Å². The summed E-state index contributed by atoms with van der Waals surface area (Å²) >= 11 is 0. The van der Waals surface area contributed by atoms with Crippen LogP contribution in [0.2, 0.25) is 0 Å². The Balaban J connectivity index is 0.00000196. The van der Waals surface area contributed by atoms with Gasteiger partial charge in [-0.2, -0.15) is 13.2 Å². The molecule has 0 aliphatic carbocycles. The number of nitrogens with zero attached hydrogens (tertiary/aromatic N) is 1. The lowest BCUT2D eigenvalue weighted by molar-refractivity contribution is -0.162. The molecular formula is C8H13ClF3NO2. The lowest BCUT2D eigenvalue weighted by atomic mass is 10.1. The molecule has 3 nitrogen and oxygen atoms in total. The number of carbonyl (C=O) groups is 1. The van der Waals surface area contributed by atoms with E-state index in [4.69, 9.17) is 0 Å². The number of carbonyl (C=O) groups excluding carboxylic acids is 1. The van der Waals surface area contributed by atoms with Crippen LogP contribution in [-0.2, 0) is 4.74 Å². The van der Waals surface area contributed by atoms with Gasteiger partial charge in [0.1, 0.15) is 0 Å². The minimum absolute atomic E-state index is 0. The highest BCUT2D eigenvalue weighted by atomic mass is 35.5. The summed E-state index contributed by atoms with van der Waals surface area (Å²) in [5.41, 5.74) is 0. The Labute approximate surface area is 92.0 Å². The molecule has 1 aliphatic heterocycles. The van der Waals surface area contributed by atoms with E-state index in [1.807, 2.05) is 0 Å². The SMILES string of the molecule is Cl.O=C(OCC(F)(F)F)N1CCCCC1. The van der Waals surface area contributed by atoms with Crippen LogP contribution in [0.4, 0.5) is 18.0 Å². The van der Waals surface area contributed by atoms with Gasteiger partial charge in [0.15, 0.2) is 6.61 Å². The van der Waals surface area contributed by atoms with E-state index in [0.717, 1.165) is 19.3 Å². The molecule has 0 spiro atoms. The average Bonchev–Trinajstić information content (AvgIpc) is 2.14. The van der Waals surface area contributed by atoms with E-state index in [-0.39, 0.29) is 12.4 Å². The number of rotatable bonds is 1. The van der Waals surface area contributed by atoms with E-state index in [9.17, 15) is 18.0 Å². The van der Waals surface area contributed by atoms with E-state index in [0.29, 0.717) is 13.1 Å². The van der Waals surface area contributed by atoms with Crippen LogP contribution in [0.15, 0.2) is 0 Å². The monoisotopic (exact) mass is 247 g/mol. The van der Waals surface area contributed by atoms with Crippen LogP contribution in [-0.4, -0.2) is 36.9 Å². The van der Waals surface area contributed by atoms with Crippen molar-refractivity contribution in [2.75, 3.05) is 19.7 Å². The lowest BCUT2D eigenvalue weighted by Crippen LogP contribution is -2.37. The highest BCUT2D eigenvalue weighted by molar-refractivity contribution is 5.85. The molecule has 0 unspecified atom stereocenters. The van der Waals surface area contributed by atoms with E-state index in [2.05, 4.69) is 4.74 Å². The molecule has 0 radical (unpaired) electrons. The third-order valence-corrected chi connectivity index (χ3v) is 1.97. The number of halogens is 4. The average molecular weight is 248 g/mol. The maximum absolute atomic E-state index is 11.7. The van der Waals surface area contributed by atoms with Gasteiger partial charge < -0.3 is 9.64 Å². The molecule has 7 heteroatoms. The number of amides is 1. The highest BCUT2D eigenvalue weighted by Crippen LogP contribution is 2.16. The van der Waals surface area contributed by atoms with Gasteiger partial charge in [0, 0.05) is 13.1 Å². The second kappa shape index (κ2) is 6.05. The molecule has 0 aromatic heterocycles. The Hall–Kier alpha value is -0.650.